The molecule has 0 aromatic heterocycles. The van der Waals surface area contributed by atoms with Gasteiger partial charge in [0, 0.05) is 13.1 Å². The first-order valence-corrected chi connectivity index (χ1v) is 10.9. The zero-order chi connectivity index (χ0) is 17.8. The van der Waals surface area contributed by atoms with Crippen molar-refractivity contribution >= 4 is 19.9 Å². The molecule has 23 heavy (non-hydrogen) atoms. The van der Waals surface area contributed by atoms with Crippen LogP contribution in [0.4, 0.5) is 0 Å². The SMILES string of the molecule is CCS(=O)(=O)c1ccc(S(=O)(=O)N(CC(C)C)CC(C)C)cc1. The van der Waals surface area contributed by atoms with E-state index in [-0.39, 0.29) is 27.4 Å². The quantitative estimate of drug-likeness (QED) is 0.714. The Hall–Kier alpha value is -0.920. The minimum absolute atomic E-state index is 0.00802. The van der Waals surface area contributed by atoms with Crippen LogP contribution in [0.15, 0.2) is 34.1 Å². The lowest BCUT2D eigenvalue weighted by molar-refractivity contribution is 0.333. The summed E-state index contributed by atoms with van der Waals surface area (Å²) in [7, 11) is -6.95. The monoisotopic (exact) mass is 361 g/mol. The highest BCUT2D eigenvalue weighted by molar-refractivity contribution is 7.91. The molecule has 0 aliphatic rings. The summed E-state index contributed by atoms with van der Waals surface area (Å²) < 4.78 is 50.8. The van der Waals surface area contributed by atoms with E-state index >= 15 is 0 Å². The van der Waals surface area contributed by atoms with Crippen LogP contribution in [0.5, 0.6) is 0 Å². The molecule has 0 spiro atoms. The van der Waals surface area contributed by atoms with Crippen LogP contribution in [0.2, 0.25) is 0 Å². The number of hydrogen-bond donors (Lipinski definition) is 0. The minimum Gasteiger partial charge on any atom is -0.224 e. The highest BCUT2D eigenvalue weighted by Gasteiger charge is 2.26. The van der Waals surface area contributed by atoms with Gasteiger partial charge >= 0.3 is 0 Å². The van der Waals surface area contributed by atoms with E-state index in [1.165, 1.54) is 28.6 Å². The van der Waals surface area contributed by atoms with Crippen LogP contribution < -0.4 is 0 Å². The van der Waals surface area contributed by atoms with Gasteiger partial charge in [0.05, 0.1) is 15.5 Å². The van der Waals surface area contributed by atoms with Gasteiger partial charge < -0.3 is 0 Å². The van der Waals surface area contributed by atoms with E-state index in [1.54, 1.807) is 6.92 Å². The maximum atomic E-state index is 12.8. The van der Waals surface area contributed by atoms with Crippen LogP contribution in [-0.2, 0) is 19.9 Å². The Morgan fingerprint density at radius 2 is 1.22 bits per heavy atom. The molecule has 0 N–H and O–H groups in total. The fourth-order valence-electron chi connectivity index (χ4n) is 2.22. The summed E-state index contributed by atoms with van der Waals surface area (Å²) in [4.78, 5) is 0.284. The molecule has 0 aliphatic carbocycles. The molecule has 0 atom stereocenters. The second-order valence-corrected chi connectivity index (χ2v) is 10.7. The van der Waals surface area contributed by atoms with Gasteiger partial charge in [-0.1, -0.05) is 34.6 Å². The van der Waals surface area contributed by atoms with Crippen molar-refractivity contribution in [1.82, 2.24) is 4.31 Å². The van der Waals surface area contributed by atoms with Crippen molar-refractivity contribution in [3.8, 4) is 0 Å². The summed E-state index contributed by atoms with van der Waals surface area (Å²) in [6.45, 7) is 10.3. The summed E-state index contributed by atoms with van der Waals surface area (Å²) in [5.41, 5.74) is 0. The van der Waals surface area contributed by atoms with E-state index < -0.39 is 19.9 Å². The number of sulfone groups is 1. The van der Waals surface area contributed by atoms with Gasteiger partial charge in [-0.25, -0.2) is 16.8 Å². The fourth-order valence-corrected chi connectivity index (χ4v) is 4.87. The first-order valence-electron chi connectivity index (χ1n) is 7.83. The second-order valence-electron chi connectivity index (χ2n) is 6.48. The highest BCUT2D eigenvalue weighted by Crippen LogP contribution is 2.21. The molecular formula is C16H27NO4S2. The molecule has 0 saturated heterocycles. The van der Waals surface area contributed by atoms with E-state index in [4.69, 9.17) is 0 Å². The van der Waals surface area contributed by atoms with Gasteiger partial charge in [0.2, 0.25) is 10.0 Å². The summed E-state index contributed by atoms with van der Waals surface area (Å²) >= 11 is 0. The molecule has 1 aromatic carbocycles. The Bertz CT molecular complexity index is 695. The van der Waals surface area contributed by atoms with Gasteiger partial charge in [0.15, 0.2) is 9.84 Å². The zero-order valence-corrected chi connectivity index (χ0v) is 16.1. The minimum atomic E-state index is -3.62. The molecule has 1 aromatic rings. The molecule has 0 bridgehead atoms. The van der Waals surface area contributed by atoms with Gasteiger partial charge in [0.25, 0.3) is 0 Å². The average Bonchev–Trinajstić information content (AvgIpc) is 2.45. The second kappa shape index (κ2) is 7.77. The Kier molecular flexibility index (Phi) is 6.80. The van der Waals surface area contributed by atoms with Crippen molar-refractivity contribution in [1.29, 1.82) is 0 Å². The smallest absolute Gasteiger partial charge is 0.224 e. The van der Waals surface area contributed by atoms with E-state index in [0.717, 1.165) is 0 Å². The third-order valence-corrected chi connectivity index (χ3v) is 6.93. The predicted octanol–water partition coefficient (Wildman–Crippen LogP) is 2.78. The van der Waals surface area contributed by atoms with Gasteiger partial charge in [-0.3, -0.25) is 0 Å². The van der Waals surface area contributed by atoms with Gasteiger partial charge in [-0.05, 0) is 36.1 Å². The molecule has 0 amide bonds. The van der Waals surface area contributed by atoms with Crippen molar-refractivity contribution in [2.75, 3.05) is 18.8 Å². The lowest BCUT2D eigenvalue weighted by atomic mass is 10.2. The summed E-state index contributed by atoms with van der Waals surface area (Å²) in [5, 5.41) is 0. The standard InChI is InChI=1S/C16H27NO4S2/c1-6-22(18,19)15-7-9-16(10-8-15)23(20,21)17(11-13(2)3)12-14(4)5/h7-10,13-14H,6,11-12H2,1-5H3. The average molecular weight is 362 g/mol. The van der Waals surface area contributed by atoms with Crippen LogP contribution in [0, 0.1) is 11.8 Å². The lowest BCUT2D eigenvalue weighted by Crippen LogP contribution is -2.37. The Labute approximate surface area is 140 Å². The highest BCUT2D eigenvalue weighted by atomic mass is 32.2. The topological polar surface area (TPSA) is 71.5 Å². The van der Waals surface area contributed by atoms with Gasteiger partial charge in [0.1, 0.15) is 0 Å². The third-order valence-electron chi connectivity index (χ3n) is 3.34. The summed E-state index contributed by atoms with van der Waals surface area (Å²) in [5.74, 6) is 0.415. The number of hydrogen-bond acceptors (Lipinski definition) is 4. The molecule has 0 heterocycles. The number of sulfonamides is 1. The van der Waals surface area contributed by atoms with Gasteiger partial charge in [-0.2, -0.15) is 4.31 Å². The number of nitrogens with zero attached hydrogens (tertiary/aromatic N) is 1. The van der Waals surface area contributed by atoms with E-state index in [2.05, 4.69) is 0 Å². The third kappa shape index (κ3) is 5.29. The van der Waals surface area contributed by atoms with Crippen molar-refractivity contribution in [2.24, 2.45) is 11.8 Å². The number of benzene rings is 1. The Morgan fingerprint density at radius 3 is 1.57 bits per heavy atom. The lowest BCUT2D eigenvalue weighted by Gasteiger charge is -2.25. The molecule has 1 rings (SSSR count). The van der Waals surface area contributed by atoms with Crippen LogP contribution in [0.25, 0.3) is 0 Å². The molecule has 5 nitrogen and oxygen atoms in total. The van der Waals surface area contributed by atoms with Crippen molar-refractivity contribution in [3.05, 3.63) is 24.3 Å². The van der Waals surface area contributed by atoms with Crippen molar-refractivity contribution < 1.29 is 16.8 Å². The molecule has 0 aliphatic heterocycles. The van der Waals surface area contributed by atoms with Crippen molar-refractivity contribution in [2.45, 2.75) is 44.4 Å². The number of rotatable bonds is 8. The molecule has 0 unspecified atom stereocenters. The van der Waals surface area contributed by atoms with Crippen LogP contribution in [0.1, 0.15) is 34.6 Å². The first-order chi connectivity index (χ1) is 10.5. The molecule has 132 valence electrons. The molecule has 0 saturated carbocycles. The normalized spacial score (nSPS) is 13.2. The van der Waals surface area contributed by atoms with Crippen molar-refractivity contribution in [3.63, 3.8) is 0 Å². The maximum absolute atomic E-state index is 12.8. The molecular weight excluding hydrogens is 334 g/mol. The molecule has 0 fully saturated rings. The first kappa shape index (κ1) is 20.1. The predicted molar refractivity (Wildman–Crippen MR) is 92.6 cm³/mol. The van der Waals surface area contributed by atoms with E-state index in [1.807, 2.05) is 27.7 Å². The zero-order valence-electron chi connectivity index (χ0n) is 14.5. The van der Waals surface area contributed by atoms with E-state index in [0.29, 0.717) is 13.1 Å². The Morgan fingerprint density at radius 1 is 0.826 bits per heavy atom. The molecule has 7 heteroatoms. The van der Waals surface area contributed by atoms with Gasteiger partial charge in [-0.15, -0.1) is 0 Å². The van der Waals surface area contributed by atoms with E-state index in [9.17, 15) is 16.8 Å². The Balaban J connectivity index is 3.19. The van der Waals surface area contributed by atoms with Crippen LogP contribution in [0.3, 0.4) is 0 Å². The summed E-state index contributed by atoms with van der Waals surface area (Å²) in [6, 6.07) is 5.50. The summed E-state index contributed by atoms with van der Waals surface area (Å²) in [6.07, 6.45) is 0. The fraction of sp³-hybridized carbons (Fsp3) is 0.625. The van der Waals surface area contributed by atoms with Crippen LogP contribution in [-0.4, -0.2) is 40.0 Å². The largest absolute Gasteiger partial charge is 0.243 e. The van der Waals surface area contributed by atoms with Crippen LogP contribution >= 0.6 is 0 Å². The molecule has 0 radical (unpaired) electrons. The maximum Gasteiger partial charge on any atom is 0.243 e.